The van der Waals surface area contributed by atoms with Crippen molar-refractivity contribution in [1.82, 2.24) is 4.90 Å². The second-order valence-corrected chi connectivity index (χ2v) is 7.49. The second kappa shape index (κ2) is 10.4. The Balaban J connectivity index is 1.67. The first-order valence-electron chi connectivity index (χ1n) is 10.3. The smallest absolute Gasteiger partial charge is 0.264 e. The quantitative estimate of drug-likeness (QED) is 0.549. The molecule has 0 radical (unpaired) electrons. The van der Waals surface area contributed by atoms with Gasteiger partial charge in [0.05, 0.1) is 11.3 Å². The average molecular weight is 417 g/mol. The van der Waals surface area contributed by atoms with Crippen LogP contribution in [0.3, 0.4) is 0 Å². The lowest BCUT2D eigenvalue weighted by molar-refractivity contribution is -0.120. The second-order valence-electron chi connectivity index (χ2n) is 7.49. The van der Waals surface area contributed by atoms with Crippen LogP contribution in [-0.2, 0) is 11.2 Å². The number of nitrogens with zero attached hydrogens (tertiary/aromatic N) is 2. The Hall–Kier alpha value is -3.60. The third-order valence-electron chi connectivity index (χ3n) is 5.24. The van der Waals surface area contributed by atoms with Crippen LogP contribution in [0.15, 0.2) is 78.9 Å². The largest absolute Gasteiger partial charge is 0.483 e. The summed E-state index contributed by atoms with van der Waals surface area (Å²) in [5, 5.41) is 0. The Morgan fingerprint density at radius 3 is 2.23 bits per heavy atom. The van der Waals surface area contributed by atoms with E-state index in [0.717, 1.165) is 12.0 Å². The Labute approximate surface area is 183 Å². The molecule has 0 aliphatic carbocycles. The fraction of sp³-hybridized carbons (Fsp3) is 0.231. The highest BCUT2D eigenvalue weighted by atomic mass is 16.5. The zero-order valence-corrected chi connectivity index (χ0v) is 18.2. The van der Waals surface area contributed by atoms with Crippen molar-refractivity contribution in [3.8, 4) is 5.75 Å². The Bertz CT molecular complexity index is 1030. The predicted molar refractivity (Wildman–Crippen MR) is 124 cm³/mol. The number of aryl methyl sites for hydroxylation is 1. The van der Waals surface area contributed by atoms with Gasteiger partial charge in [0.25, 0.3) is 11.8 Å². The van der Waals surface area contributed by atoms with Gasteiger partial charge in [-0.15, -0.1) is 0 Å². The summed E-state index contributed by atoms with van der Waals surface area (Å²) < 4.78 is 5.69. The first-order chi connectivity index (χ1) is 15.0. The number of hydrogen-bond acceptors (Lipinski definition) is 3. The number of carbonyl (C=O) groups is 2. The minimum absolute atomic E-state index is 0.103. The summed E-state index contributed by atoms with van der Waals surface area (Å²) >= 11 is 0. The van der Waals surface area contributed by atoms with Gasteiger partial charge in [-0.2, -0.15) is 0 Å². The zero-order chi connectivity index (χ0) is 22.2. The molecule has 0 aliphatic heterocycles. The topological polar surface area (TPSA) is 49.9 Å². The highest BCUT2D eigenvalue weighted by molar-refractivity contribution is 6.04. The predicted octanol–water partition coefficient (Wildman–Crippen LogP) is 4.35. The molecule has 3 aromatic rings. The summed E-state index contributed by atoms with van der Waals surface area (Å²) in [6.07, 6.45) is 0.768. The molecule has 5 heteroatoms. The molecule has 0 aromatic heterocycles. The van der Waals surface area contributed by atoms with Crippen molar-refractivity contribution in [3.05, 3.63) is 95.6 Å². The molecular weight excluding hydrogens is 388 g/mol. The van der Waals surface area contributed by atoms with Crippen molar-refractivity contribution < 1.29 is 14.3 Å². The van der Waals surface area contributed by atoms with Crippen LogP contribution < -0.4 is 9.64 Å². The maximum Gasteiger partial charge on any atom is 0.264 e. The molecule has 3 aromatic carbocycles. The Morgan fingerprint density at radius 1 is 0.839 bits per heavy atom. The van der Waals surface area contributed by atoms with Crippen LogP contribution in [0, 0.1) is 6.92 Å². The molecule has 0 heterocycles. The lowest BCUT2D eigenvalue weighted by Gasteiger charge is -2.23. The number of benzene rings is 3. The maximum atomic E-state index is 13.1. The van der Waals surface area contributed by atoms with Crippen molar-refractivity contribution in [2.75, 3.05) is 32.1 Å². The SMILES string of the molecule is Cc1ccccc1OCC(=O)N(C)c1ccccc1C(=O)N(C)CCc1ccccc1. The number of rotatable bonds is 8. The summed E-state index contributed by atoms with van der Waals surface area (Å²) in [7, 11) is 3.45. The van der Waals surface area contributed by atoms with E-state index in [4.69, 9.17) is 4.74 Å². The number of likely N-dealkylation sites (N-methyl/N-ethyl adjacent to an activating group) is 2. The van der Waals surface area contributed by atoms with E-state index in [1.54, 1.807) is 31.1 Å². The van der Waals surface area contributed by atoms with Crippen LogP contribution in [-0.4, -0.2) is 44.0 Å². The fourth-order valence-corrected chi connectivity index (χ4v) is 3.28. The summed E-state index contributed by atoms with van der Waals surface area (Å²) in [4.78, 5) is 29.0. The van der Waals surface area contributed by atoms with E-state index in [1.807, 2.05) is 73.7 Å². The molecular formula is C26H28N2O3. The average Bonchev–Trinajstić information content (AvgIpc) is 2.81. The van der Waals surface area contributed by atoms with Crippen molar-refractivity contribution in [1.29, 1.82) is 0 Å². The maximum absolute atomic E-state index is 13.1. The van der Waals surface area contributed by atoms with Gasteiger partial charge in [0, 0.05) is 20.6 Å². The molecule has 0 fully saturated rings. The molecule has 0 saturated heterocycles. The third kappa shape index (κ3) is 5.72. The standard InChI is InChI=1S/C26H28N2O3/c1-20-11-7-10-16-24(20)31-19-25(29)28(3)23-15-9-8-14-22(23)26(30)27(2)18-17-21-12-5-4-6-13-21/h4-16H,17-19H2,1-3H3. The van der Waals surface area contributed by atoms with E-state index in [9.17, 15) is 9.59 Å². The molecule has 0 N–H and O–H groups in total. The summed E-state index contributed by atoms with van der Waals surface area (Å²) in [5.74, 6) is 0.329. The van der Waals surface area contributed by atoms with Gasteiger partial charge in [-0.25, -0.2) is 0 Å². The third-order valence-corrected chi connectivity index (χ3v) is 5.24. The van der Waals surface area contributed by atoms with Crippen molar-refractivity contribution >= 4 is 17.5 Å². The van der Waals surface area contributed by atoms with Crippen LogP contribution in [0.2, 0.25) is 0 Å². The van der Waals surface area contributed by atoms with Crippen molar-refractivity contribution in [3.63, 3.8) is 0 Å². The van der Waals surface area contributed by atoms with E-state index < -0.39 is 0 Å². The molecule has 160 valence electrons. The van der Waals surface area contributed by atoms with E-state index >= 15 is 0 Å². The Kier molecular flexibility index (Phi) is 7.44. The van der Waals surface area contributed by atoms with Crippen LogP contribution in [0.25, 0.3) is 0 Å². The van der Waals surface area contributed by atoms with E-state index in [2.05, 4.69) is 0 Å². The molecule has 0 spiro atoms. The normalized spacial score (nSPS) is 10.4. The number of para-hydroxylation sites is 2. The Morgan fingerprint density at radius 2 is 1.48 bits per heavy atom. The minimum Gasteiger partial charge on any atom is -0.483 e. The van der Waals surface area contributed by atoms with Gasteiger partial charge in [0.15, 0.2) is 6.61 Å². The van der Waals surface area contributed by atoms with Crippen LogP contribution in [0.1, 0.15) is 21.5 Å². The van der Waals surface area contributed by atoms with Crippen molar-refractivity contribution in [2.24, 2.45) is 0 Å². The fourth-order valence-electron chi connectivity index (χ4n) is 3.28. The lowest BCUT2D eigenvalue weighted by atomic mass is 10.1. The highest BCUT2D eigenvalue weighted by Crippen LogP contribution is 2.22. The molecule has 0 atom stereocenters. The van der Waals surface area contributed by atoms with Gasteiger partial charge < -0.3 is 14.5 Å². The van der Waals surface area contributed by atoms with E-state index in [0.29, 0.717) is 23.5 Å². The van der Waals surface area contributed by atoms with Gasteiger partial charge >= 0.3 is 0 Å². The molecule has 0 saturated carbocycles. The molecule has 0 unspecified atom stereocenters. The molecule has 31 heavy (non-hydrogen) atoms. The highest BCUT2D eigenvalue weighted by Gasteiger charge is 2.21. The minimum atomic E-state index is -0.226. The van der Waals surface area contributed by atoms with E-state index in [-0.39, 0.29) is 18.4 Å². The van der Waals surface area contributed by atoms with Gasteiger partial charge in [0.2, 0.25) is 0 Å². The van der Waals surface area contributed by atoms with Crippen molar-refractivity contribution in [2.45, 2.75) is 13.3 Å². The number of carbonyl (C=O) groups excluding carboxylic acids is 2. The first kappa shape index (κ1) is 22.1. The van der Waals surface area contributed by atoms with Gasteiger partial charge in [-0.1, -0.05) is 60.7 Å². The number of amides is 2. The monoisotopic (exact) mass is 416 g/mol. The molecule has 2 amide bonds. The molecule has 3 rings (SSSR count). The summed E-state index contributed by atoms with van der Waals surface area (Å²) in [6.45, 7) is 2.42. The molecule has 0 aliphatic rings. The van der Waals surface area contributed by atoms with Crippen LogP contribution >= 0.6 is 0 Å². The first-order valence-corrected chi connectivity index (χ1v) is 10.3. The van der Waals surface area contributed by atoms with Gasteiger partial charge in [0.1, 0.15) is 5.75 Å². The summed E-state index contributed by atoms with van der Waals surface area (Å²) in [5.41, 5.74) is 3.20. The number of ether oxygens (including phenoxy) is 1. The van der Waals surface area contributed by atoms with E-state index in [1.165, 1.54) is 10.5 Å². The van der Waals surface area contributed by atoms with Crippen LogP contribution in [0.5, 0.6) is 5.75 Å². The van der Waals surface area contributed by atoms with Gasteiger partial charge in [-0.05, 0) is 42.7 Å². The number of hydrogen-bond donors (Lipinski definition) is 0. The molecule has 0 bridgehead atoms. The summed E-state index contributed by atoms with van der Waals surface area (Å²) in [6, 6.07) is 24.8. The number of anilines is 1. The molecule has 5 nitrogen and oxygen atoms in total. The van der Waals surface area contributed by atoms with Gasteiger partial charge in [-0.3, -0.25) is 9.59 Å². The lowest BCUT2D eigenvalue weighted by Crippen LogP contribution is -2.35. The zero-order valence-electron chi connectivity index (χ0n) is 18.2. The van der Waals surface area contributed by atoms with Crippen LogP contribution in [0.4, 0.5) is 5.69 Å².